The first-order valence-corrected chi connectivity index (χ1v) is 8.72. The van der Waals surface area contributed by atoms with E-state index in [1.54, 1.807) is 12.3 Å². The summed E-state index contributed by atoms with van der Waals surface area (Å²) >= 11 is 0. The van der Waals surface area contributed by atoms with Gasteiger partial charge in [-0.15, -0.1) is 0 Å². The van der Waals surface area contributed by atoms with Crippen molar-refractivity contribution in [3.63, 3.8) is 0 Å². The van der Waals surface area contributed by atoms with E-state index < -0.39 is 5.82 Å². The average Bonchev–Trinajstić information content (AvgIpc) is 3.13. The number of pyridine rings is 1. The van der Waals surface area contributed by atoms with Gasteiger partial charge < -0.3 is 5.32 Å². The number of nitrogens with one attached hydrogen (secondary N) is 2. The minimum Gasteiger partial charge on any atom is -0.381 e. The van der Waals surface area contributed by atoms with Crippen LogP contribution in [0.1, 0.15) is 22.5 Å². The van der Waals surface area contributed by atoms with Crippen LogP contribution in [0.5, 0.6) is 0 Å². The Morgan fingerprint density at radius 1 is 1.11 bits per heavy atom. The summed E-state index contributed by atoms with van der Waals surface area (Å²) < 4.78 is 13.6. The summed E-state index contributed by atoms with van der Waals surface area (Å²) in [5.41, 5.74) is 4.48. The van der Waals surface area contributed by atoms with Crippen LogP contribution in [0.4, 0.5) is 10.1 Å². The SMILES string of the molecule is N#Cc1cc(F)cc(CNc2ccc3[nH]nc(C=Cc4ccccn4)c3c2)c1. The lowest BCUT2D eigenvalue weighted by molar-refractivity contribution is 0.625. The zero-order valence-electron chi connectivity index (χ0n) is 14.9. The molecule has 0 spiro atoms. The molecule has 0 atom stereocenters. The van der Waals surface area contributed by atoms with Gasteiger partial charge in [0.25, 0.3) is 0 Å². The fraction of sp³-hybridized carbons (Fsp3) is 0.0455. The van der Waals surface area contributed by atoms with Crippen LogP contribution in [0.15, 0.2) is 60.8 Å². The molecule has 0 saturated carbocycles. The molecule has 2 aromatic heterocycles. The Hall–Kier alpha value is -3.98. The zero-order valence-corrected chi connectivity index (χ0v) is 14.9. The van der Waals surface area contributed by atoms with Crippen molar-refractivity contribution in [3.8, 4) is 6.07 Å². The van der Waals surface area contributed by atoms with Crippen LogP contribution in [0.2, 0.25) is 0 Å². The van der Waals surface area contributed by atoms with Crippen molar-refractivity contribution in [2.75, 3.05) is 5.32 Å². The summed E-state index contributed by atoms with van der Waals surface area (Å²) in [4.78, 5) is 4.27. The molecule has 2 aromatic carbocycles. The van der Waals surface area contributed by atoms with Crippen molar-refractivity contribution in [2.24, 2.45) is 0 Å². The molecule has 0 amide bonds. The fourth-order valence-electron chi connectivity index (χ4n) is 2.93. The molecule has 136 valence electrons. The number of hydrogen-bond donors (Lipinski definition) is 2. The molecular formula is C22H16FN5. The van der Waals surface area contributed by atoms with Gasteiger partial charge in [-0.2, -0.15) is 10.4 Å². The maximum atomic E-state index is 13.6. The maximum absolute atomic E-state index is 13.6. The highest BCUT2D eigenvalue weighted by atomic mass is 19.1. The molecule has 0 saturated heterocycles. The lowest BCUT2D eigenvalue weighted by Crippen LogP contribution is -2.00. The molecule has 6 heteroatoms. The highest BCUT2D eigenvalue weighted by Gasteiger charge is 2.05. The number of aromatic amines is 1. The Bertz CT molecular complexity index is 1190. The Balaban J connectivity index is 1.55. The molecule has 4 aromatic rings. The van der Waals surface area contributed by atoms with E-state index in [1.165, 1.54) is 12.1 Å². The van der Waals surface area contributed by atoms with Gasteiger partial charge in [0.05, 0.1) is 28.5 Å². The van der Waals surface area contributed by atoms with Gasteiger partial charge in [0.2, 0.25) is 0 Å². The topological polar surface area (TPSA) is 77.4 Å². The second kappa shape index (κ2) is 7.72. The van der Waals surface area contributed by atoms with Gasteiger partial charge in [0.1, 0.15) is 5.82 Å². The summed E-state index contributed by atoms with van der Waals surface area (Å²) in [6.45, 7) is 0.412. The summed E-state index contributed by atoms with van der Waals surface area (Å²) in [7, 11) is 0. The molecule has 0 radical (unpaired) electrons. The molecule has 4 rings (SSSR count). The molecule has 5 nitrogen and oxygen atoms in total. The van der Waals surface area contributed by atoms with Crippen molar-refractivity contribution in [1.82, 2.24) is 15.2 Å². The summed E-state index contributed by atoms with van der Waals surface area (Å²) in [5.74, 6) is -0.414. The van der Waals surface area contributed by atoms with Crippen molar-refractivity contribution >= 4 is 28.7 Å². The van der Waals surface area contributed by atoms with E-state index >= 15 is 0 Å². The third-order valence-corrected chi connectivity index (χ3v) is 4.28. The summed E-state index contributed by atoms with van der Waals surface area (Å²) in [6.07, 6.45) is 5.57. The van der Waals surface area contributed by atoms with Crippen LogP contribution in [0.3, 0.4) is 0 Å². The number of rotatable bonds is 5. The Kier molecular flexibility index (Phi) is 4.81. The van der Waals surface area contributed by atoms with Crippen LogP contribution in [0.25, 0.3) is 23.1 Å². The molecule has 0 aliphatic heterocycles. The van der Waals surface area contributed by atoms with Gasteiger partial charge in [-0.3, -0.25) is 10.1 Å². The number of nitriles is 1. The minimum atomic E-state index is -0.414. The molecular weight excluding hydrogens is 353 g/mol. The van der Waals surface area contributed by atoms with E-state index in [-0.39, 0.29) is 0 Å². The molecule has 2 N–H and O–H groups in total. The molecule has 28 heavy (non-hydrogen) atoms. The van der Waals surface area contributed by atoms with Crippen molar-refractivity contribution in [2.45, 2.75) is 6.54 Å². The minimum absolute atomic E-state index is 0.309. The molecule has 0 fully saturated rings. The Morgan fingerprint density at radius 2 is 2.04 bits per heavy atom. The monoisotopic (exact) mass is 369 g/mol. The fourth-order valence-corrected chi connectivity index (χ4v) is 2.93. The van der Waals surface area contributed by atoms with Crippen LogP contribution in [0, 0.1) is 17.1 Å². The third kappa shape index (κ3) is 3.89. The maximum Gasteiger partial charge on any atom is 0.124 e. The number of hydrogen-bond acceptors (Lipinski definition) is 4. The number of aromatic nitrogens is 3. The Labute approximate surface area is 161 Å². The Morgan fingerprint density at radius 3 is 2.86 bits per heavy atom. The third-order valence-electron chi connectivity index (χ3n) is 4.28. The predicted octanol–water partition coefficient (Wildman–Crippen LogP) is 4.75. The van der Waals surface area contributed by atoms with Gasteiger partial charge in [-0.1, -0.05) is 6.07 Å². The van der Waals surface area contributed by atoms with E-state index in [2.05, 4.69) is 20.5 Å². The lowest BCUT2D eigenvalue weighted by atomic mass is 10.1. The van der Waals surface area contributed by atoms with E-state index in [4.69, 9.17) is 5.26 Å². The standard InChI is InChI=1S/C22H16FN5/c23-17-10-15(13-24)9-16(11-17)14-26-19-5-7-22-20(12-19)21(27-28-22)6-4-18-3-1-2-8-25-18/h1-12,26H,14H2,(H,27,28). The van der Waals surface area contributed by atoms with Crippen LogP contribution in [-0.2, 0) is 6.54 Å². The van der Waals surface area contributed by atoms with Gasteiger partial charge in [-0.25, -0.2) is 4.39 Å². The molecule has 0 aliphatic rings. The van der Waals surface area contributed by atoms with Crippen LogP contribution >= 0.6 is 0 Å². The van der Waals surface area contributed by atoms with E-state index in [9.17, 15) is 4.39 Å². The van der Waals surface area contributed by atoms with E-state index in [0.29, 0.717) is 17.7 Å². The first kappa shape index (κ1) is 17.4. The van der Waals surface area contributed by atoms with Gasteiger partial charge in [-0.05, 0) is 66.2 Å². The van der Waals surface area contributed by atoms with Crippen molar-refractivity contribution in [1.29, 1.82) is 5.26 Å². The number of nitrogens with zero attached hydrogens (tertiary/aromatic N) is 3. The van der Waals surface area contributed by atoms with Crippen molar-refractivity contribution in [3.05, 3.63) is 89.1 Å². The smallest absolute Gasteiger partial charge is 0.124 e. The van der Waals surface area contributed by atoms with Crippen molar-refractivity contribution < 1.29 is 4.39 Å². The highest BCUT2D eigenvalue weighted by molar-refractivity contribution is 5.91. The number of fused-ring (bicyclic) bond motifs is 1. The molecule has 0 aliphatic carbocycles. The van der Waals surface area contributed by atoms with E-state index in [1.807, 2.05) is 54.6 Å². The lowest BCUT2D eigenvalue weighted by Gasteiger charge is -2.07. The van der Waals surface area contributed by atoms with Gasteiger partial charge in [0, 0.05) is 23.8 Å². The first-order valence-electron chi connectivity index (χ1n) is 8.72. The van der Waals surface area contributed by atoms with Crippen LogP contribution in [-0.4, -0.2) is 15.2 Å². The largest absolute Gasteiger partial charge is 0.381 e. The highest BCUT2D eigenvalue weighted by Crippen LogP contribution is 2.23. The summed E-state index contributed by atoms with van der Waals surface area (Å²) in [5, 5.41) is 20.6. The van der Waals surface area contributed by atoms with Crippen LogP contribution < -0.4 is 5.32 Å². The van der Waals surface area contributed by atoms with Gasteiger partial charge >= 0.3 is 0 Å². The zero-order chi connectivity index (χ0) is 19.3. The normalized spacial score (nSPS) is 11.0. The number of anilines is 1. The first-order chi connectivity index (χ1) is 13.7. The van der Waals surface area contributed by atoms with E-state index in [0.717, 1.165) is 28.0 Å². The average molecular weight is 369 g/mol. The van der Waals surface area contributed by atoms with Gasteiger partial charge in [0.15, 0.2) is 0 Å². The summed E-state index contributed by atoms with van der Waals surface area (Å²) in [6, 6.07) is 17.9. The number of H-pyrrole nitrogens is 1. The molecule has 2 heterocycles. The molecule has 0 unspecified atom stereocenters. The molecule has 0 bridgehead atoms. The predicted molar refractivity (Wildman–Crippen MR) is 108 cm³/mol. The number of benzene rings is 2. The quantitative estimate of drug-likeness (QED) is 0.532. The second-order valence-electron chi connectivity index (χ2n) is 6.27. The number of halogens is 1. The second-order valence-corrected chi connectivity index (χ2v) is 6.27.